The van der Waals surface area contributed by atoms with Crippen LogP contribution in [-0.2, 0) is 11.3 Å². The van der Waals surface area contributed by atoms with Crippen LogP contribution in [-0.4, -0.2) is 59.3 Å². The molecule has 1 fully saturated rings. The third kappa shape index (κ3) is 3.69. The summed E-state index contributed by atoms with van der Waals surface area (Å²) in [6, 6.07) is 19.5. The number of imidazole rings is 1. The fourth-order valence-electron chi connectivity index (χ4n) is 5.10. The molecule has 0 radical (unpaired) electrons. The molecular formula is C27H29N5O. The van der Waals surface area contributed by atoms with Crippen molar-refractivity contribution in [3.63, 3.8) is 0 Å². The number of nitrogens with zero attached hydrogens (tertiary/aromatic N) is 5. The van der Waals surface area contributed by atoms with E-state index in [1.54, 1.807) is 0 Å². The number of rotatable bonds is 3. The van der Waals surface area contributed by atoms with E-state index in [0.717, 1.165) is 54.4 Å². The van der Waals surface area contributed by atoms with Crippen molar-refractivity contribution in [1.29, 1.82) is 0 Å². The van der Waals surface area contributed by atoms with Gasteiger partial charge in [0, 0.05) is 37.9 Å². The Hall–Kier alpha value is -3.22. The van der Waals surface area contributed by atoms with E-state index >= 15 is 0 Å². The number of anilines is 1. The van der Waals surface area contributed by atoms with E-state index in [0.29, 0.717) is 13.2 Å². The van der Waals surface area contributed by atoms with Crippen LogP contribution in [0.1, 0.15) is 23.0 Å². The molecule has 0 aliphatic carbocycles. The summed E-state index contributed by atoms with van der Waals surface area (Å²) < 4.78 is 8.26. The van der Waals surface area contributed by atoms with Crippen molar-refractivity contribution in [3.05, 3.63) is 77.7 Å². The molecule has 0 bridgehead atoms. The molecule has 1 atom stereocenters. The average Bonchev–Trinajstić information content (AvgIpc) is 3.23. The fourth-order valence-corrected chi connectivity index (χ4v) is 5.10. The number of likely N-dealkylation sites (N-methyl/N-ethyl adjacent to an activating group) is 1. The highest BCUT2D eigenvalue weighted by molar-refractivity contribution is 5.83. The number of aromatic nitrogens is 3. The topological polar surface area (TPSA) is 46.4 Å². The van der Waals surface area contributed by atoms with Gasteiger partial charge < -0.3 is 19.1 Å². The van der Waals surface area contributed by atoms with E-state index in [9.17, 15) is 0 Å². The van der Waals surface area contributed by atoms with Crippen LogP contribution in [0.15, 0.2) is 60.8 Å². The first-order chi connectivity index (χ1) is 16.2. The lowest BCUT2D eigenvalue weighted by molar-refractivity contribution is 0.0679. The summed E-state index contributed by atoms with van der Waals surface area (Å²) >= 11 is 0. The molecular weight excluding hydrogens is 410 g/mol. The molecule has 1 saturated heterocycles. The first kappa shape index (κ1) is 20.4. The maximum Gasteiger partial charge on any atom is 0.136 e. The fraction of sp³-hybridized carbons (Fsp3) is 0.333. The predicted octanol–water partition coefficient (Wildman–Crippen LogP) is 4.28. The van der Waals surface area contributed by atoms with Crippen molar-refractivity contribution < 1.29 is 4.74 Å². The first-order valence-corrected chi connectivity index (χ1v) is 11.7. The summed E-state index contributed by atoms with van der Waals surface area (Å²) in [4.78, 5) is 14.5. The summed E-state index contributed by atoms with van der Waals surface area (Å²) in [5.74, 6) is 2.10. The van der Waals surface area contributed by atoms with Gasteiger partial charge in [0.25, 0.3) is 0 Å². The van der Waals surface area contributed by atoms with Gasteiger partial charge in [0.1, 0.15) is 18.2 Å². The third-order valence-corrected chi connectivity index (χ3v) is 6.95. The van der Waals surface area contributed by atoms with Gasteiger partial charge in [0.2, 0.25) is 0 Å². The van der Waals surface area contributed by atoms with Gasteiger partial charge in [-0.2, -0.15) is 0 Å². The van der Waals surface area contributed by atoms with Crippen LogP contribution < -0.4 is 4.90 Å². The van der Waals surface area contributed by atoms with Crippen LogP contribution in [0.4, 0.5) is 5.82 Å². The zero-order chi connectivity index (χ0) is 22.4. The highest BCUT2D eigenvalue weighted by Gasteiger charge is 2.25. The van der Waals surface area contributed by atoms with Gasteiger partial charge in [-0.05, 0) is 48.9 Å². The molecule has 0 amide bonds. The van der Waals surface area contributed by atoms with Gasteiger partial charge in [-0.25, -0.2) is 9.97 Å². The molecule has 0 saturated carbocycles. The molecule has 6 heteroatoms. The van der Waals surface area contributed by atoms with Crippen LogP contribution >= 0.6 is 0 Å². The third-order valence-electron chi connectivity index (χ3n) is 6.95. The van der Waals surface area contributed by atoms with Crippen molar-refractivity contribution in [3.8, 4) is 11.1 Å². The van der Waals surface area contributed by atoms with E-state index in [4.69, 9.17) is 14.7 Å². The zero-order valence-electron chi connectivity index (χ0n) is 19.2. The Balaban J connectivity index is 1.38. The van der Waals surface area contributed by atoms with E-state index in [1.165, 1.54) is 16.7 Å². The molecule has 4 heterocycles. The van der Waals surface area contributed by atoms with Crippen LogP contribution in [0.5, 0.6) is 0 Å². The van der Waals surface area contributed by atoms with Crippen LogP contribution in [0.2, 0.25) is 0 Å². The lowest BCUT2D eigenvalue weighted by Crippen LogP contribution is -2.45. The summed E-state index contributed by atoms with van der Waals surface area (Å²) in [5, 5.41) is 0. The van der Waals surface area contributed by atoms with Gasteiger partial charge in [0.15, 0.2) is 0 Å². The summed E-state index contributed by atoms with van der Waals surface area (Å²) in [6.07, 6.45) is 2.02. The van der Waals surface area contributed by atoms with Gasteiger partial charge in [0.05, 0.1) is 23.7 Å². The number of pyridine rings is 1. The second-order valence-electron chi connectivity index (χ2n) is 9.20. The minimum Gasteiger partial charge on any atom is -0.371 e. The largest absolute Gasteiger partial charge is 0.371 e. The maximum atomic E-state index is 5.90. The highest BCUT2D eigenvalue weighted by atomic mass is 16.5. The Bertz CT molecular complexity index is 1290. The van der Waals surface area contributed by atoms with Crippen LogP contribution in [0.25, 0.3) is 22.2 Å². The van der Waals surface area contributed by atoms with Crippen molar-refractivity contribution in [2.24, 2.45) is 0 Å². The van der Waals surface area contributed by atoms with Crippen molar-refractivity contribution in [2.75, 3.05) is 44.7 Å². The lowest BCUT2D eigenvalue weighted by atomic mass is 10.0. The quantitative estimate of drug-likeness (QED) is 0.477. The zero-order valence-corrected chi connectivity index (χ0v) is 19.2. The van der Waals surface area contributed by atoms with Gasteiger partial charge in [-0.15, -0.1) is 0 Å². The number of hydrogen-bond acceptors (Lipinski definition) is 5. The molecule has 0 N–H and O–H groups in total. The number of fused-ring (bicyclic) bond motifs is 3. The molecule has 6 rings (SSSR count). The van der Waals surface area contributed by atoms with E-state index in [1.807, 2.05) is 6.20 Å². The van der Waals surface area contributed by atoms with Gasteiger partial charge in [-0.1, -0.05) is 36.4 Å². The van der Waals surface area contributed by atoms with E-state index in [-0.39, 0.29) is 6.04 Å². The molecule has 33 heavy (non-hydrogen) atoms. The smallest absolute Gasteiger partial charge is 0.136 e. The number of piperazine rings is 1. The molecule has 6 nitrogen and oxygen atoms in total. The molecule has 2 aromatic carbocycles. The van der Waals surface area contributed by atoms with Crippen molar-refractivity contribution in [1.82, 2.24) is 19.4 Å². The van der Waals surface area contributed by atoms with Crippen LogP contribution in [0.3, 0.4) is 0 Å². The standard InChI is InChI=1S/C27H29N5O/c1-19-14-22(16-28-27(19)31-12-10-30(2)11-13-31)21-8-9-23-24(15-21)32-25(17-33-18-26(32)29-23)20-6-4-3-5-7-20/h3-9,14-16,25H,10-13,17-18H2,1-2H3. The monoisotopic (exact) mass is 439 g/mol. The minimum absolute atomic E-state index is 0.134. The van der Waals surface area contributed by atoms with Crippen molar-refractivity contribution in [2.45, 2.75) is 19.6 Å². The summed E-state index contributed by atoms with van der Waals surface area (Å²) in [6.45, 7) is 7.60. The predicted molar refractivity (Wildman–Crippen MR) is 132 cm³/mol. The molecule has 2 aliphatic heterocycles. The molecule has 1 unspecified atom stereocenters. The summed E-state index contributed by atoms with van der Waals surface area (Å²) in [5.41, 5.74) is 6.95. The molecule has 168 valence electrons. The number of ether oxygens (including phenoxy) is 1. The number of benzene rings is 2. The van der Waals surface area contributed by atoms with Crippen LogP contribution in [0, 0.1) is 6.92 Å². The molecule has 2 aromatic heterocycles. The Morgan fingerprint density at radius 2 is 1.76 bits per heavy atom. The second-order valence-corrected chi connectivity index (χ2v) is 9.20. The maximum absolute atomic E-state index is 5.90. The highest BCUT2D eigenvalue weighted by Crippen LogP contribution is 2.33. The molecule has 4 aromatic rings. The SMILES string of the molecule is Cc1cc(-c2ccc3nc4n(c3c2)C(c2ccccc2)COC4)cnc1N1CCN(C)CC1. The Morgan fingerprint density at radius 3 is 2.55 bits per heavy atom. The lowest BCUT2D eigenvalue weighted by Gasteiger charge is -2.34. The normalized spacial score (nSPS) is 19.1. The van der Waals surface area contributed by atoms with Gasteiger partial charge >= 0.3 is 0 Å². The molecule has 2 aliphatic rings. The van der Waals surface area contributed by atoms with Gasteiger partial charge in [-0.3, -0.25) is 0 Å². The minimum atomic E-state index is 0.134. The first-order valence-electron chi connectivity index (χ1n) is 11.7. The molecule has 0 spiro atoms. The number of hydrogen-bond donors (Lipinski definition) is 0. The number of aryl methyl sites for hydroxylation is 1. The van der Waals surface area contributed by atoms with E-state index in [2.05, 4.69) is 82.9 Å². The summed E-state index contributed by atoms with van der Waals surface area (Å²) in [7, 11) is 2.18. The second kappa shape index (κ2) is 8.28. The Labute approximate surface area is 194 Å². The van der Waals surface area contributed by atoms with Crippen molar-refractivity contribution >= 4 is 16.9 Å². The average molecular weight is 440 g/mol. The Kier molecular flexibility index (Phi) is 5.12. The van der Waals surface area contributed by atoms with E-state index < -0.39 is 0 Å². The Morgan fingerprint density at radius 1 is 0.939 bits per heavy atom.